The fourth-order valence-corrected chi connectivity index (χ4v) is 4.52. The van der Waals surface area contributed by atoms with Crippen molar-refractivity contribution in [1.29, 1.82) is 0 Å². The van der Waals surface area contributed by atoms with Crippen LogP contribution in [0.3, 0.4) is 0 Å². The second-order valence-corrected chi connectivity index (χ2v) is 8.57. The summed E-state index contributed by atoms with van der Waals surface area (Å²) < 4.78 is 11.1. The average Bonchev–Trinajstić information content (AvgIpc) is 2.82. The van der Waals surface area contributed by atoms with E-state index in [1.807, 2.05) is 37.3 Å². The third kappa shape index (κ3) is 5.40. The largest absolute Gasteiger partial charge is 0.490 e. The minimum atomic E-state index is -0.608. The van der Waals surface area contributed by atoms with Gasteiger partial charge in [-0.25, -0.2) is 4.98 Å². The molecule has 10 heteroatoms. The number of ether oxygens (including phenoxy) is 2. The maximum absolute atomic E-state index is 13.1. The number of carbonyl (C=O) groups is 2. The lowest BCUT2D eigenvalue weighted by molar-refractivity contribution is -0.120. The van der Waals surface area contributed by atoms with Crippen LogP contribution in [0.15, 0.2) is 58.5 Å². The molecule has 0 saturated heterocycles. The van der Waals surface area contributed by atoms with Crippen LogP contribution in [0.1, 0.15) is 36.0 Å². The number of aromatic amines is 1. The third-order valence-electron chi connectivity index (χ3n) is 5.19. The molecule has 1 atom stereocenters. The number of thioether (sulfide) groups is 1. The maximum atomic E-state index is 13.1. The van der Waals surface area contributed by atoms with Gasteiger partial charge in [-0.2, -0.15) is 0 Å². The lowest BCUT2D eigenvalue weighted by Crippen LogP contribution is -2.31. The number of nitrogens with two attached hydrogens (primary N) is 1. The van der Waals surface area contributed by atoms with Crippen molar-refractivity contribution in [2.75, 3.05) is 18.5 Å². The smallest absolute Gasteiger partial charge is 0.257 e. The van der Waals surface area contributed by atoms with Gasteiger partial charge in [-0.15, -0.1) is 0 Å². The number of hydrogen-bond donors (Lipinski definition) is 3. The molecule has 34 heavy (non-hydrogen) atoms. The van der Waals surface area contributed by atoms with Gasteiger partial charge in [0.2, 0.25) is 5.91 Å². The second kappa shape index (κ2) is 10.4. The van der Waals surface area contributed by atoms with Gasteiger partial charge in [-0.3, -0.25) is 14.4 Å². The van der Waals surface area contributed by atoms with Gasteiger partial charge in [-0.05, 0) is 30.2 Å². The van der Waals surface area contributed by atoms with Crippen LogP contribution >= 0.6 is 11.8 Å². The van der Waals surface area contributed by atoms with Gasteiger partial charge in [0.05, 0.1) is 12.2 Å². The summed E-state index contributed by atoms with van der Waals surface area (Å²) in [6.45, 7) is 1.89. The number of amides is 2. The molecule has 4 N–H and O–H groups in total. The first-order valence-corrected chi connectivity index (χ1v) is 11.7. The summed E-state index contributed by atoms with van der Waals surface area (Å²) in [7, 11) is 0. The molecule has 1 aliphatic rings. The molecule has 1 aliphatic heterocycles. The van der Waals surface area contributed by atoms with Crippen LogP contribution in [0.2, 0.25) is 0 Å². The van der Waals surface area contributed by atoms with Crippen molar-refractivity contribution in [3.63, 3.8) is 0 Å². The van der Waals surface area contributed by atoms with Crippen molar-refractivity contribution < 1.29 is 19.1 Å². The zero-order valence-corrected chi connectivity index (χ0v) is 19.3. The first-order valence-electron chi connectivity index (χ1n) is 10.7. The van der Waals surface area contributed by atoms with Crippen LogP contribution in [0.25, 0.3) is 0 Å². The Kier molecular flexibility index (Phi) is 7.17. The molecule has 1 aromatic heterocycles. The molecule has 2 heterocycles. The van der Waals surface area contributed by atoms with Gasteiger partial charge in [0.1, 0.15) is 5.82 Å². The maximum Gasteiger partial charge on any atom is 0.257 e. The van der Waals surface area contributed by atoms with E-state index in [9.17, 15) is 14.4 Å². The number of H-pyrrole nitrogens is 1. The van der Waals surface area contributed by atoms with Gasteiger partial charge in [0, 0.05) is 18.1 Å². The van der Waals surface area contributed by atoms with E-state index in [2.05, 4.69) is 15.3 Å². The van der Waals surface area contributed by atoms with Crippen LogP contribution in [-0.4, -0.2) is 35.0 Å². The van der Waals surface area contributed by atoms with Crippen molar-refractivity contribution in [2.24, 2.45) is 5.73 Å². The van der Waals surface area contributed by atoms with Gasteiger partial charge < -0.3 is 25.5 Å². The van der Waals surface area contributed by atoms with E-state index in [0.717, 1.165) is 5.56 Å². The second-order valence-electron chi connectivity index (χ2n) is 7.61. The first-order chi connectivity index (χ1) is 16.4. The molecule has 0 saturated carbocycles. The molecule has 0 fully saturated rings. The predicted octanol–water partition coefficient (Wildman–Crippen LogP) is 2.80. The number of fused-ring (bicyclic) bond motifs is 1. The third-order valence-corrected chi connectivity index (χ3v) is 6.13. The molecule has 0 aliphatic carbocycles. The number of benzene rings is 2. The summed E-state index contributed by atoms with van der Waals surface area (Å²) in [5.41, 5.74) is 7.04. The van der Waals surface area contributed by atoms with Crippen LogP contribution < -0.4 is 26.1 Å². The Morgan fingerprint density at radius 1 is 1.15 bits per heavy atom. The highest BCUT2D eigenvalue weighted by atomic mass is 32.2. The Labute approximate surface area is 200 Å². The molecule has 2 aromatic carbocycles. The lowest BCUT2D eigenvalue weighted by Gasteiger charge is -2.25. The molecular formula is C24H24N4O5S. The highest BCUT2D eigenvalue weighted by Gasteiger charge is 2.31. The van der Waals surface area contributed by atoms with E-state index in [1.54, 1.807) is 18.2 Å². The number of carbonyl (C=O) groups excluding carboxylic acids is 2. The SMILES string of the molecule is CCOc1cc([C@@H]2CC(=O)Nc3nc(SCc4ccccc4)[nH]c(=O)c32)ccc1OCC(N)=O. The van der Waals surface area contributed by atoms with E-state index in [-0.39, 0.29) is 30.3 Å². The van der Waals surface area contributed by atoms with Gasteiger partial charge >= 0.3 is 0 Å². The summed E-state index contributed by atoms with van der Waals surface area (Å²) in [5, 5.41) is 3.16. The Morgan fingerprint density at radius 2 is 1.94 bits per heavy atom. The minimum Gasteiger partial charge on any atom is -0.490 e. The zero-order valence-electron chi connectivity index (χ0n) is 18.5. The Bertz CT molecular complexity index is 1260. The highest BCUT2D eigenvalue weighted by Crippen LogP contribution is 2.38. The monoisotopic (exact) mass is 480 g/mol. The summed E-state index contributed by atoms with van der Waals surface area (Å²) in [6.07, 6.45) is 0.0846. The summed E-state index contributed by atoms with van der Waals surface area (Å²) in [6, 6.07) is 14.9. The fourth-order valence-electron chi connectivity index (χ4n) is 3.71. The summed E-state index contributed by atoms with van der Waals surface area (Å²) >= 11 is 1.39. The number of nitrogens with one attached hydrogen (secondary N) is 2. The molecule has 3 aromatic rings. The van der Waals surface area contributed by atoms with E-state index in [4.69, 9.17) is 15.2 Å². The van der Waals surface area contributed by atoms with Gasteiger partial charge in [0.15, 0.2) is 23.3 Å². The fraction of sp³-hybridized carbons (Fsp3) is 0.250. The zero-order chi connectivity index (χ0) is 24.1. The molecule has 0 unspecified atom stereocenters. The summed E-state index contributed by atoms with van der Waals surface area (Å²) in [5.74, 6) is 0.275. The quantitative estimate of drug-likeness (QED) is 0.316. The Hall–Kier alpha value is -3.79. The molecule has 2 amide bonds. The Morgan fingerprint density at radius 3 is 2.68 bits per heavy atom. The molecule has 176 valence electrons. The predicted molar refractivity (Wildman–Crippen MR) is 128 cm³/mol. The lowest BCUT2D eigenvalue weighted by atomic mass is 9.86. The minimum absolute atomic E-state index is 0.0846. The molecule has 0 radical (unpaired) electrons. The van der Waals surface area contributed by atoms with Crippen LogP contribution in [-0.2, 0) is 15.3 Å². The molecule has 0 spiro atoms. The van der Waals surface area contributed by atoms with Crippen molar-refractivity contribution >= 4 is 29.4 Å². The van der Waals surface area contributed by atoms with E-state index in [1.165, 1.54) is 11.8 Å². The normalized spacial score (nSPS) is 14.7. The van der Waals surface area contributed by atoms with E-state index < -0.39 is 11.8 Å². The number of nitrogens with zero attached hydrogens (tertiary/aromatic N) is 1. The molecular weight excluding hydrogens is 456 g/mol. The summed E-state index contributed by atoms with van der Waals surface area (Å²) in [4.78, 5) is 44.0. The average molecular weight is 481 g/mol. The molecule has 4 rings (SSSR count). The van der Waals surface area contributed by atoms with Crippen molar-refractivity contribution in [1.82, 2.24) is 9.97 Å². The Balaban J connectivity index is 1.64. The van der Waals surface area contributed by atoms with E-state index in [0.29, 0.717) is 40.1 Å². The van der Waals surface area contributed by atoms with Crippen LogP contribution in [0.4, 0.5) is 5.82 Å². The van der Waals surface area contributed by atoms with Gasteiger partial charge in [-0.1, -0.05) is 48.2 Å². The van der Waals surface area contributed by atoms with Crippen LogP contribution in [0, 0.1) is 0 Å². The van der Waals surface area contributed by atoms with Crippen molar-refractivity contribution in [3.8, 4) is 11.5 Å². The first kappa shape index (κ1) is 23.4. The molecule has 9 nitrogen and oxygen atoms in total. The number of anilines is 1. The number of primary amides is 1. The van der Waals surface area contributed by atoms with Crippen LogP contribution in [0.5, 0.6) is 11.5 Å². The van der Waals surface area contributed by atoms with Crippen molar-refractivity contribution in [2.45, 2.75) is 30.2 Å². The number of rotatable bonds is 9. The van der Waals surface area contributed by atoms with E-state index >= 15 is 0 Å². The number of hydrogen-bond acceptors (Lipinski definition) is 7. The van der Waals surface area contributed by atoms with Gasteiger partial charge in [0.25, 0.3) is 11.5 Å². The topological polar surface area (TPSA) is 136 Å². The van der Waals surface area contributed by atoms with Crippen molar-refractivity contribution in [3.05, 3.63) is 75.6 Å². The highest BCUT2D eigenvalue weighted by molar-refractivity contribution is 7.98. The molecule has 0 bridgehead atoms. The number of aromatic nitrogens is 2. The standard InChI is InChI=1S/C24H24N4O5S/c1-2-32-18-10-15(8-9-17(18)33-12-19(25)29)16-11-20(30)26-22-21(16)23(31)28-24(27-22)34-13-14-6-4-3-5-7-14/h3-10,16H,2,11-13H2,1H3,(H2,25,29)(H2,26,27,28,30,31)/t16-/m0/s1.